The smallest absolute Gasteiger partial charge is 0.309 e. The van der Waals surface area contributed by atoms with Gasteiger partial charge in [-0.2, -0.15) is 0 Å². The van der Waals surface area contributed by atoms with E-state index in [1.165, 1.54) is 0 Å². The molecule has 64 heavy (non-hydrogen) atoms. The Morgan fingerprint density at radius 3 is 2.27 bits per heavy atom. The van der Waals surface area contributed by atoms with Gasteiger partial charge in [0.2, 0.25) is 5.91 Å². The molecule has 0 saturated heterocycles. The highest BCUT2D eigenvalue weighted by Crippen LogP contribution is 2.77. The topological polar surface area (TPSA) is 188 Å². The number of aliphatic hydroxyl groups excluding tert-OH is 1. The number of allylic oxidation sites excluding steroid dienone is 1. The van der Waals surface area contributed by atoms with E-state index in [9.17, 15) is 34.2 Å². The lowest BCUT2D eigenvalue weighted by atomic mass is 9.33. The molecular formula is C52H74N4O8. The van der Waals surface area contributed by atoms with E-state index in [-0.39, 0.29) is 64.3 Å². The summed E-state index contributed by atoms with van der Waals surface area (Å²) >= 11 is 0. The van der Waals surface area contributed by atoms with Crippen molar-refractivity contribution in [2.45, 2.75) is 165 Å². The lowest BCUT2D eigenvalue weighted by Crippen LogP contribution is -2.66. The van der Waals surface area contributed by atoms with E-state index < -0.39 is 52.1 Å². The number of carboxylic acid groups (broad SMARTS) is 1. The van der Waals surface area contributed by atoms with Crippen LogP contribution in [0.4, 0.5) is 0 Å². The SMILES string of the molecule is Cc1nc2ccc(C(=O)NC(C)(C)C(=O)NC[C@H](O)[C@@]34CC[C@]5(C)C(CC[C@@H]6[C@@]7(C)CC[C@H](OC(=O)[C@H]8C[C@@H](C(=O)O)C8(C)C)C(C)(C)[C@@H]7CC[C@]65C)C3=C(C(C)C)C(=O)C4)cc2[nH]1. The van der Waals surface area contributed by atoms with Crippen molar-refractivity contribution in [1.82, 2.24) is 20.6 Å². The number of hydrogen-bond donors (Lipinski definition) is 5. The summed E-state index contributed by atoms with van der Waals surface area (Å²) in [5.74, 6) is -1.18. The Labute approximate surface area is 379 Å². The number of imidazole rings is 1. The number of fused-ring (bicyclic) bond motifs is 8. The van der Waals surface area contributed by atoms with Gasteiger partial charge in [-0.15, -0.1) is 0 Å². The van der Waals surface area contributed by atoms with Gasteiger partial charge < -0.3 is 30.6 Å². The van der Waals surface area contributed by atoms with Crippen LogP contribution in [-0.4, -0.2) is 74.0 Å². The predicted octanol–water partition coefficient (Wildman–Crippen LogP) is 8.50. The number of hydrogen-bond acceptors (Lipinski definition) is 8. The minimum absolute atomic E-state index is 0.00369. The van der Waals surface area contributed by atoms with Crippen LogP contribution < -0.4 is 10.6 Å². The van der Waals surface area contributed by atoms with Crippen molar-refractivity contribution in [1.29, 1.82) is 0 Å². The van der Waals surface area contributed by atoms with Gasteiger partial charge in [0.15, 0.2) is 5.78 Å². The number of amides is 2. The van der Waals surface area contributed by atoms with E-state index in [0.717, 1.165) is 72.9 Å². The summed E-state index contributed by atoms with van der Waals surface area (Å²) in [4.78, 5) is 74.5. The summed E-state index contributed by atoms with van der Waals surface area (Å²) in [6.45, 7) is 25.1. The maximum absolute atomic E-state index is 14.3. The van der Waals surface area contributed by atoms with Crippen molar-refractivity contribution in [2.24, 2.45) is 68.0 Å². The van der Waals surface area contributed by atoms with Gasteiger partial charge in [-0.05, 0) is 148 Å². The third-order valence-corrected chi connectivity index (χ3v) is 19.5. The van der Waals surface area contributed by atoms with Gasteiger partial charge >= 0.3 is 11.9 Å². The fourth-order valence-corrected chi connectivity index (χ4v) is 15.5. The lowest BCUT2D eigenvalue weighted by molar-refractivity contribution is -0.238. The Morgan fingerprint density at radius 2 is 1.61 bits per heavy atom. The summed E-state index contributed by atoms with van der Waals surface area (Å²) in [6.07, 6.45) is 6.50. The molecule has 1 unspecified atom stereocenters. The first-order valence-corrected chi connectivity index (χ1v) is 24.1. The maximum Gasteiger partial charge on any atom is 0.309 e. The quantitative estimate of drug-likeness (QED) is 0.146. The molecular weight excluding hydrogens is 809 g/mol. The predicted molar refractivity (Wildman–Crippen MR) is 244 cm³/mol. The second-order valence-electron chi connectivity index (χ2n) is 24.0. The summed E-state index contributed by atoms with van der Waals surface area (Å²) < 4.78 is 6.42. The molecule has 0 spiro atoms. The molecule has 350 valence electrons. The van der Waals surface area contributed by atoms with Crippen LogP contribution in [-0.2, 0) is 23.9 Å². The number of carbonyl (C=O) groups excluding carboxylic acids is 4. The average molecular weight is 883 g/mol. The molecule has 0 bridgehead atoms. The second kappa shape index (κ2) is 15.2. The second-order valence-corrected chi connectivity index (χ2v) is 24.0. The minimum atomic E-state index is -1.29. The van der Waals surface area contributed by atoms with Gasteiger partial charge in [0, 0.05) is 29.4 Å². The summed E-state index contributed by atoms with van der Waals surface area (Å²) in [7, 11) is 0. The van der Waals surface area contributed by atoms with E-state index in [0.29, 0.717) is 30.2 Å². The first-order chi connectivity index (χ1) is 29.7. The van der Waals surface area contributed by atoms with E-state index >= 15 is 0 Å². The summed E-state index contributed by atoms with van der Waals surface area (Å²) in [5, 5.41) is 28.0. The number of benzene rings is 1. The van der Waals surface area contributed by atoms with Gasteiger partial charge in [-0.25, -0.2) is 4.98 Å². The first kappa shape index (κ1) is 46.5. The van der Waals surface area contributed by atoms with Crippen molar-refractivity contribution < 1.29 is 38.9 Å². The molecule has 0 radical (unpaired) electrons. The van der Waals surface area contributed by atoms with Crippen molar-refractivity contribution in [3.8, 4) is 0 Å². The number of H-pyrrole nitrogens is 1. The van der Waals surface area contributed by atoms with E-state index in [1.807, 2.05) is 20.8 Å². The molecule has 5 fully saturated rings. The normalized spacial score (nSPS) is 36.8. The maximum atomic E-state index is 14.3. The van der Waals surface area contributed by atoms with Crippen molar-refractivity contribution in [2.75, 3.05) is 6.54 Å². The van der Waals surface area contributed by atoms with Crippen LogP contribution in [0.15, 0.2) is 29.3 Å². The molecule has 2 aromatic rings. The number of aromatic amines is 1. The highest BCUT2D eigenvalue weighted by Gasteiger charge is 2.71. The molecule has 6 aliphatic rings. The van der Waals surface area contributed by atoms with Crippen molar-refractivity contribution in [3.63, 3.8) is 0 Å². The monoisotopic (exact) mass is 883 g/mol. The van der Waals surface area contributed by atoms with Gasteiger partial charge in [0.25, 0.3) is 5.91 Å². The van der Waals surface area contributed by atoms with Crippen LogP contribution in [0.5, 0.6) is 0 Å². The van der Waals surface area contributed by atoms with E-state index in [2.05, 4.69) is 69.1 Å². The molecule has 5 N–H and O–H groups in total. The third-order valence-electron chi connectivity index (χ3n) is 19.5. The van der Waals surface area contributed by atoms with E-state index in [4.69, 9.17) is 4.74 Å². The number of carbonyl (C=O) groups is 5. The lowest BCUT2D eigenvalue weighted by Gasteiger charge is -2.72. The molecule has 11 atom stereocenters. The number of Topliss-reactive ketones (excluding diaryl/α,β-unsaturated/α-hetero) is 1. The highest BCUT2D eigenvalue weighted by atomic mass is 16.5. The number of esters is 1. The minimum Gasteiger partial charge on any atom is -0.481 e. The van der Waals surface area contributed by atoms with Gasteiger partial charge in [0.1, 0.15) is 17.5 Å². The van der Waals surface area contributed by atoms with Gasteiger partial charge in [-0.3, -0.25) is 24.0 Å². The number of aryl methyl sites for hydroxylation is 1. The Balaban J connectivity index is 0.993. The average Bonchev–Trinajstić information content (AvgIpc) is 3.73. The Morgan fingerprint density at radius 1 is 0.906 bits per heavy atom. The van der Waals surface area contributed by atoms with Crippen LogP contribution in [0.3, 0.4) is 0 Å². The number of carboxylic acids is 1. The number of nitrogens with one attached hydrogen (secondary N) is 3. The number of aliphatic carboxylic acids is 1. The molecule has 5 saturated carbocycles. The molecule has 1 aromatic heterocycles. The number of aromatic nitrogens is 2. The zero-order valence-corrected chi connectivity index (χ0v) is 40.4. The van der Waals surface area contributed by atoms with Crippen molar-refractivity contribution in [3.05, 3.63) is 40.7 Å². The molecule has 6 aliphatic carbocycles. The fourth-order valence-electron chi connectivity index (χ4n) is 15.5. The highest BCUT2D eigenvalue weighted by molar-refractivity contribution is 6.02. The largest absolute Gasteiger partial charge is 0.481 e. The first-order valence-electron chi connectivity index (χ1n) is 24.1. The molecule has 8 rings (SSSR count). The Kier molecular flexibility index (Phi) is 11.1. The number of nitrogens with zero attached hydrogens (tertiary/aromatic N) is 1. The molecule has 1 heterocycles. The number of aliphatic hydroxyl groups is 1. The van der Waals surface area contributed by atoms with Crippen molar-refractivity contribution >= 4 is 40.6 Å². The summed E-state index contributed by atoms with van der Waals surface area (Å²) in [5.41, 5.74) is 0.730. The molecule has 12 heteroatoms. The number of ketones is 1. The van der Waals surface area contributed by atoms with Crippen LogP contribution >= 0.6 is 0 Å². The molecule has 12 nitrogen and oxygen atoms in total. The fraction of sp³-hybridized carbons (Fsp3) is 0.731. The molecule has 1 aromatic carbocycles. The van der Waals surface area contributed by atoms with Crippen LogP contribution in [0.2, 0.25) is 0 Å². The Hall–Kier alpha value is -4.06. The zero-order valence-electron chi connectivity index (χ0n) is 40.4. The Bertz CT molecular complexity index is 2320. The van der Waals surface area contributed by atoms with E-state index in [1.54, 1.807) is 32.0 Å². The molecule has 0 aliphatic heterocycles. The third kappa shape index (κ3) is 6.74. The summed E-state index contributed by atoms with van der Waals surface area (Å²) in [6, 6.07) is 5.18. The van der Waals surface area contributed by atoms with Gasteiger partial charge in [-0.1, -0.05) is 67.9 Å². The number of ether oxygens (including phenoxy) is 1. The number of rotatable bonds is 10. The van der Waals surface area contributed by atoms with Gasteiger partial charge in [0.05, 0.1) is 29.0 Å². The van der Waals surface area contributed by atoms with Crippen LogP contribution in [0.25, 0.3) is 11.0 Å². The molecule has 2 amide bonds. The van der Waals surface area contributed by atoms with Crippen LogP contribution in [0.1, 0.15) is 157 Å². The standard InChI is InChI=1S/C52H74N4O8/c1-27(2)40-35(57)25-52(38(58)26-53-45(63)48(8,9)56-42(59)29-13-15-33-34(23-29)55-28(3)54-33)22-21-50(11)30(41(40)52)14-16-37-49(10)19-18-39(47(6,7)36(49)17-20-51(37,50)12)64-44(62)32-24-31(43(60)61)46(32,4)5/h13,15,23,27,30-32,36-39,58H,14,16-22,24-26H2,1-12H3,(H,53,63)(H,54,55)(H,56,59)(H,60,61)/t30?,31-,32+,36-,37+,38-,39-,49-,50+,51+,52-/m0/s1. The van der Waals surface area contributed by atoms with Crippen LogP contribution in [0, 0.1) is 74.9 Å². The zero-order chi connectivity index (χ0) is 46.9.